The molecular formula is C19H33N3O2S2. The first-order valence-electron chi connectivity index (χ1n) is 9.17. The minimum Gasteiger partial charge on any atom is -0.361 e. The smallest absolute Gasteiger partial charge is 0.211 e. The maximum atomic E-state index is 10.9. The van der Waals surface area contributed by atoms with Crippen LogP contribution in [0.2, 0.25) is 0 Å². The van der Waals surface area contributed by atoms with Crippen LogP contribution in [0.3, 0.4) is 0 Å². The second-order valence-electron chi connectivity index (χ2n) is 6.49. The van der Waals surface area contributed by atoms with Gasteiger partial charge in [-0.25, -0.2) is 13.1 Å². The van der Waals surface area contributed by atoms with Crippen LogP contribution in [0, 0.1) is 0 Å². The number of nitrogens with one attached hydrogen (secondary N) is 2. The van der Waals surface area contributed by atoms with E-state index in [-0.39, 0.29) is 5.75 Å². The van der Waals surface area contributed by atoms with E-state index in [9.17, 15) is 8.42 Å². The molecule has 2 N–H and O–H groups in total. The topological polar surface area (TPSA) is 65.2 Å². The molecule has 2 rings (SSSR count). The summed E-state index contributed by atoms with van der Waals surface area (Å²) < 4.78 is 24.3. The van der Waals surface area contributed by atoms with E-state index in [0.29, 0.717) is 6.54 Å². The average molecular weight is 400 g/mol. The van der Waals surface area contributed by atoms with Crippen molar-refractivity contribution in [2.24, 2.45) is 0 Å². The summed E-state index contributed by atoms with van der Waals surface area (Å²) in [4.78, 5) is 5.50. The molecule has 0 aliphatic carbocycles. The molecule has 0 amide bonds. The van der Waals surface area contributed by atoms with Crippen molar-refractivity contribution in [3.8, 4) is 0 Å². The van der Waals surface area contributed by atoms with Gasteiger partial charge in [0.05, 0.1) is 5.75 Å². The van der Waals surface area contributed by atoms with Crippen LogP contribution in [-0.4, -0.2) is 57.0 Å². The number of unbranched alkanes of at least 4 members (excludes halogenated alkanes) is 2. The highest BCUT2D eigenvalue weighted by Crippen LogP contribution is 2.17. The van der Waals surface area contributed by atoms with Crippen LogP contribution in [0.25, 0.3) is 10.9 Å². The van der Waals surface area contributed by atoms with Crippen molar-refractivity contribution in [3.05, 3.63) is 36.0 Å². The fraction of sp³-hybridized carbons (Fsp3) is 0.579. The van der Waals surface area contributed by atoms with Crippen LogP contribution in [0.5, 0.6) is 0 Å². The number of thiol groups is 1. The third-order valence-corrected chi connectivity index (χ3v) is 5.76. The molecule has 5 nitrogen and oxygen atoms in total. The van der Waals surface area contributed by atoms with Crippen LogP contribution < -0.4 is 4.72 Å². The lowest BCUT2D eigenvalue weighted by Gasteiger charge is -2.07. The van der Waals surface area contributed by atoms with Gasteiger partial charge in [0.2, 0.25) is 10.0 Å². The fourth-order valence-corrected chi connectivity index (χ4v) is 3.31. The summed E-state index contributed by atoms with van der Waals surface area (Å²) in [6.07, 6.45) is 6.22. The molecule has 0 spiro atoms. The van der Waals surface area contributed by atoms with Gasteiger partial charge in [-0.3, -0.25) is 0 Å². The molecule has 0 aliphatic rings. The van der Waals surface area contributed by atoms with E-state index in [4.69, 9.17) is 0 Å². The van der Waals surface area contributed by atoms with E-state index in [2.05, 4.69) is 71.8 Å². The Bertz CT molecular complexity index is 727. The third kappa shape index (κ3) is 9.07. The van der Waals surface area contributed by atoms with Crippen molar-refractivity contribution >= 4 is 33.6 Å². The summed E-state index contributed by atoms with van der Waals surface area (Å²) >= 11 is 4.06. The molecule has 0 radical (unpaired) electrons. The molecule has 0 saturated carbocycles. The molecule has 26 heavy (non-hydrogen) atoms. The Kier molecular flexibility index (Phi) is 11.0. The molecule has 2 aromatic rings. The van der Waals surface area contributed by atoms with Gasteiger partial charge in [0.25, 0.3) is 0 Å². The van der Waals surface area contributed by atoms with E-state index in [1.54, 1.807) is 6.92 Å². The van der Waals surface area contributed by atoms with Gasteiger partial charge in [-0.1, -0.05) is 24.6 Å². The van der Waals surface area contributed by atoms with E-state index >= 15 is 0 Å². The predicted molar refractivity (Wildman–Crippen MR) is 116 cm³/mol. The molecule has 1 heterocycles. The molecule has 0 unspecified atom stereocenters. The molecule has 0 saturated heterocycles. The largest absolute Gasteiger partial charge is 0.361 e. The third-order valence-electron chi connectivity index (χ3n) is 4.04. The SMILES string of the molecule is CCS(=O)(=O)NCCCCCS.CN(C)CCc1c[nH]c2ccccc12. The quantitative estimate of drug-likeness (QED) is 0.424. The Labute approximate surface area is 164 Å². The monoisotopic (exact) mass is 399 g/mol. The number of hydrogen-bond donors (Lipinski definition) is 3. The summed E-state index contributed by atoms with van der Waals surface area (Å²) in [6, 6.07) is 8.45. The second kappa shape index (κ2) is 12.4. The van der Waals surface area contributed by atoms with Gasteiger partial charge >= 0.3 is 0 Å². The molecule has 0 aliphatic heterocycles. The number of H-pyrrole nitrogens is 1. The molecule has 0 fully saturated rings. The molecule has 1 aromatic carbocycles. The lowest BCUT2D eigenvalue weighted by Crippen LogP contribution is -2.26. The van der Waals surface area contributed by atoms with Crippen molar-refractivity contribution in [2.75, 3.05) is 38.7 Å². The molecule has 7 heteroatoms. The molecule has 148 valence electrons. The van der Waals surface area contributed by atoms with Crippen LogP contribution in [0.4, 0.5) is 0 Å². The fourth-order valence-electron chi connectivity index (χ4n) is 2.43. The van der Waals surface area contributed by atoms with Gasteiger partial charge in [-0.15, -0.1) is 0 Å². The zero-order valence-electron chi connectivity index (χ0n) is 16.2. The van der Waals surface area contributed by atoms with Crippen LogP contribution in [0.1, 0.15) is 31.7 Å². The van der Waals surface area contributed by atoms with E-state index in [1.165, 1.54) is 16.5 Å². The van der Waals surface area contributed by atoms with Crippen molar-refractivity contribution in [2.45, 2.75) is 32.6 Å². The first-order valence-corrected chi connectivity index (χ1v) is 11.5. The number of fused-ring (bicyclic) bond motifs is 1. The minimum absolute atomic E-state index is 0.166. The minimum atomic E-state index is -2.98. The van der Waals surface area contributed by atoms with Crippen molar-refractivity contribution in [3.63, 3.8) is 0 Å². The highest BCUT2D eigenvalue weighted by Gasteiger charge is 2.04. The Morgan fingerprint density at radius 3 is 2.54 bits per heavy atom. The number of sulfonamides is 1. The molecular weight excluding hydrogens is 366 g/mol. The first kappa shape index (κ1) is 23.0. The van der Waals surface area contributed by atoms with Crippen LogP contribution in [-0.2, 0) is 16.4 Å². The van der Waals surface area contributed by atoms with Crippen LogP contribution in [0.15, 0.2) is 30.5 Å². The Morgan fingerprint density at radius 1 is 1.15 bits per heavy atom. The number of hydrogen-bond acceptors (Lipinski definition) is 4. The van der Waals surface area contributed by atoms with E-state index in [0.717, 1.165) is 38.0 Å². The normalized spacial score (nSPS) is 11.6. The number of nitrogens with zero attached hydrogens (tertiary/aromatic N) is 1. The number of likely N-dealkylation sites (N-methyl/N-ethyl adjacent to an activating group) is 1. The number of aromatic amines is 1. The van der Waals surface area contributed by atoms with Gasteiger partial charge in [-0.2, -0.15) is 12.6 Å². The zero-order valence-corrected chi connectivity index (χ0v) is 17.9. The highest BCUT2D eigenvalue weighted by molar-refractivity contribution is 7.89. The Balaban J connectivity index is 0.000000265. The van der Waals surface area contributed by atoms with Crippen LogP contribution >= 0.6 is 12.6 Å². The van der Waals surface area contributed by atoms with Gasteiger partial charge in [0.15, 0.2) is 0 Å². The Morgan fingerprint density at radius 2 is 1.88 bits per heavy atom. The summed E-state index contributed by atoms with van der Waals surface area (Å²) in [5.74, 6) is 1.04. The van der Waals surface area contributed by atoms with E-state index < -0.39 is 10.0 Å². The predicted octanol–water partition coefficient (Wildman–Crippen LogP) is 3.30. The van der Waals surface area contributed by atoms with Crippen molar-refractivity contribution < 1.29 is 8.42 Å². The highest BCUT2D eigenvalue weighted by atomic mass is 32.2. The zero-order chi connectivity index (χ0) is 19.4. The summed E-state index contributed by atoms with van der Waals surface area (Å²) in [5, 5.41) is 1.36. The maximum Gasteiger partial charge on any atom is 0.211 e. The van der Waals surface area contributed by atoms with Gasteiger partial charge in [0, 0.05) is 30.2 Å². The summed E-state index contributed by atoms with van der Waals surface area (Å²) in [6.45, 7) is 3.29. The maximum absolute atomic E-state index is 10.9. The van der Waals surface area contributed by atoms with Gasteiger partial charge < -0.3 is 9.88 Å². The molecule has 0 atom stereocenters. The van der Waals surface area contributed by atoms with Gasteiger partial charge in [0.1, 0.15) is 0 Å². The first-order chi connectivity index (χ1) is 12.4. The standard InChI is InChI=1S/C12H16N2.C7H17NO2S2/c1-14(2)8-7-10-9-13-12-6-4-3-5-11(10)12;1-2-12(9,10)8-6-4-3-5-7-11/h3-6,9,13H,7-8H2,1-2H3;8,11H,2-7H2,1H3. The van der Waals surface area contributed by atoms with Crippen molar-refractivity contribution in [1.82, 2.24) is 14.6 Å². The van der Waals surface area contributed by atoms with Crippen molar-refractivity contribution in [1.29, 1.82) is 0 Å². The lowest BCUT2D eigenvalue weighted by atomic mass is 10.1. The molecule has 1 aromatic heterocycles. The number of para-hydroxylation sites is 1. The second-order valence-corrected chi connectivity index (χ2v) is 9.04. The Hall–Kier alpha value is -1.02. The number of aromatic nitrogens is 1. The number of rotatable bonds is 10. The average Bonchev–Trinajstić information content (AvgIpc) is 3.03. The lowest BCUT2D eigenvalue weighted by molar-refractivity contribution is 0.414. The summed E-state index contributed by atoms with van der Waals surface area (Å²) in [7, 11) is 1.24. The van der Waals surface area contributed by atoms with E-state index in [1.807, 2.05) is 0 Å². The molecule has 0 bridgehead atoms. The van der Waals surface area contributed by atoms with Gasteiger partial charge in [-0.05, 0) is 57.7 Å². The number of benzene rings is 1. The summed E-state index contributed by atoms with van der Waals surface area (Å²) in [5.41, 5.74) is 2.65.